The average Bonchev–Trinajstić information content (AvgIpc) is 3.33. The summed E-state index contributed by atoms with van der Waals surface area (Å²) in [5, 5.41) is 2.82. The summed E-state index contributed by atoms with van der Waals surface area (Å²) in [5.41, 5.74) is -4.10. The molecule has 11 nitrogen and oxygen atoms in total. The number of nitrogens with one attached hydrogen (secondary N) is 1. The van der Waals surface area contributed by atoms with Crippen molar-refractivity contribution in [3.8, 4) is 0 Å². The minimum absolute atomic E-state index is 0.0538. The van der Waals surface area contributed by atoms with E-state index in [0.29, 0.717) is 6.42 Å². The van der Waals surface area contributed by atoms with Crippen molar-refractivity contribution in [2.75, 3.05) is 20.7 Å². The Balaban J connectivity index is 2.20. The molecule has 11 heteroatoms. The lowest BCUT2D eigenvalue weighted by Crippen LogP contribution is -2.60. The summed E-state index contributed by atoms with van der Waals surface area (Å²) in [4.78, 5) is 57.7. The Bertz CT molecular complexity index is 1200. The highest BCUT2D eigenvalue weighted by Crippen LogP contribution is 2.42. The van der Waals surface area contributed by atoms with Gasteiger partial charge < -0.3 is 33.9 Å². The monoisotopic (exact) mass is 678 g/mol. The van der Waals surface area contributed by atoms with E-state index in [0.717, 1.165) is 12.8 Å². The van der Waals surface area contributed by atoms with E-state index in [4.69, 9.17) is 23.7 Å². The number of amides is 1. The molecule has 0 bridgehead atoms. The average molecular weight is 679 g/mol. The Morgan fingerprint density at radius 3 is 2.19 bits per heavy atom. The van der Waals surface area contributed by atoms with Gasteiger partial charge in [0.1, 0.15) is 17.3 Å². The van der Waals surface area contributed by atoms with Crippen molar-refractivity contribution in [3.63, 3.8) is 0 Å². The maximum absolute atomic E-state index is 14.6. The normalized spacial score (nSPS) is 41.5. The third kappa shape index (κ3) is 8.16. The molecule has 1 amide bonds. The number of alkyl carbamates (subject to hydrolysis) is 1. The summed E-state index contributed by atoms with van der Waals surface area (Å²) < 4.78 is 31.8. The lowest BCUT2D eigenvalue weighted by Gasteiger charge is -2.48. The molecule has 0 unspecified atom stereocenters. The Morgan fingerprint density at radius 2 is 1.60 bits per heavy atom. The number of fused-ring (bicyclic) bond motifs is 1. The number of nitrogens with zero attached hydrogens (tertiary/aromatic N) is 1. The quantitative estimate of drug-likeness (QED) is 0.200. The fourth-order valence-corrected chi connectivity index (χ4v) is 8.11. The molecule has 0 aromatic rings. The smallest absolute Gasteiger partial charge is 0.408 e. The molecular weight excluding hydrogens is 616 g/mol. The van der Waals surface area contributed by atoms with Gasteiger partial charge in [-0.05, 0) is 74.4 Å². The predicted octanol–water partition coefficient (Wildman–Crippen LogP) is 5.48. The number of hydrogen-bond donors (Lipinski definition) is 1. The standard InChI is InChI=1S/C37H62N2O9/c1-14-16-17-18-44-36(10)20-21(3)28(40)24(6)29-37(11,48-34(43)38-29)27(15-2)46-33(42)35(8,9)30(41)25(7)31(36)47-32-23(5)26(39(12)13)19-22(4)45-32/h16-17,21-27,29,31-32H,14-15,18-20H2,1-13H3,(H,38,43)/b17-16+/t21-,22-,23-,24+,25+,26+,27-,29-,31-,32+,36+,37-/m1/s1. The second-order valence-electron chi connectivity index (χ2n) is 15.6. The van der Waals surface area contributed by atoms with Crippen molar-refractivity contribution in [1.29, 1.82) is 0 Å². The lowest BCUT2D eigenvalue weighted by atomic mass is 9.71. The van der Waals surface area contributed by atoms with Gasteiger partial charge in [-0.1, -0.05) is 53.7 Å². The van der Waals surface area contributed by atoms with E-state index >= 15 is 0 Å². The number of hydrogen-bond acceptors (Lipinski definition) is 10. The number of esters is 1. The van der Waals surface area contributed by atoms with Crippen LogP contribution in [0.4, 0.5) is 4.79 Å². The number of Topliss-reactive ketones (excluding diaryl/α,β-unsaturated/α-hetero) is 2. The summed E-state index contributed by atoms with van der Waals surface area (Å²) in [5.74, 6) is -3.42. The van der Waals surface area contributed by atoms with Crippen LogP contribution in [0, 0.1) is 29.1 Å². The van der Waals surface area contributed by atoms with E-state index in [1.54, 1.807) is 34.6 Å². The number of allylic oxidation sites excluding steroid dienone is 1. The molecule has 3 aliphatic heterocycles. The molecular formula is C37H62N2O9. The van der Waals surface area contributed by atoms with E-state index in [1.165, 1.54) is 0 Å². The van der Waals surface area contributed by atoms with Crippen LogP contribution in [0.3, 0.4) is 0 Å². The lowest BCUT2D eigenvalue weighted by molar-refractivity contribution is -0.282. The fraction of sp³-hybridized carbons (Fsp3) is 0.838. The zero-order chi connectivity index (χ0) is 36.4. The third-order valence-corrected chi connectivity index (χ3v) is 11.0. The zero-order valence-electron chi connectivity index (χ0n) is 31.6. The first-order valence-corrected chi connectivity index (χ1v) is 17.8. The largest absolute Gasteiger partial charge is 0.457 e. The van der Waals surface area contributed by atoms with Gasteiger partial charge in [0.2, 0.25) is 0 Å². The topological polar surface area (TPSA) is 130 Å². The molecule has 274 valence electrons. The van der Waals surface area contributed by atoms with Gasteiger partial charge in [-0.15, -0.1) is 0 Å². The SMILES string of the molecule is CC/C=C/CO[C@@]1(C)C[C@@H](C)C(=O)[C@H](C)[C@H]2NC(=O)O[C@]2(C)[C@@H](CC)OC(=O)C(C)(C)C(=O)[C@H](C)[C@H]1O[C@@H]1O[C@H](C)C[C@H](N(C)C)[C@H]1C. The molecule has 0 aliphatic carbocycles. The molecule has 1 N–H and O–H groups in total. The Labute approximate surface area is 288 Å². The fourth-order valence-electron chi connectivity index (χ4n) is 8.11. The van der Waals surface area contributed by atoms with Crippen LogP contribution in [0.15, 0.2) is 12.2 Å². The Hall–Kier alpha value is -2.34. The van der Waals surface area contributed by atoms with Crippen LogP contribution in [0.25, 0.3) is 0 Å². The molecule has 3 fully saturated rings. The van der Waals surface area contributed by atoms with Crippen LogP contribution >= 0.6 is 0 Å². The number of carbonyl (C=O) groups excluding carboxylic acids is 4. The van der Waals surface area contributed by atoms with Gasteiger partial charge in [0.05, 0.1) is 30.5 Å². The molecule has 0 aromatic carbocycles. The Morgan fingerprint density at radius 1 is 0.958 bits per heavy atom. The van der Waals surface area contributed by atoms with E-state index in [1.807, 2.05) is 60.9 Å². The summed E-state index contributed by atoms with van der Waals surface area (Å²) in [6.45, 7) is 20.2. The molecule has 3 saturated heterocycles. The summed E-state index contributed by atoms with van der Waals surface area (Å²) >= 11 is 0. The second-order valence-corrected chi connectivity index (χ2v) is 15.6. The number of cyclic esters (lactones) is 1. The third-order valence-electron chi connectivity index (χ3n) is 11.0. The first kappa shape index (κ1) is 40.1. The number of ketones is 2. The van der Waals surface area contributed by atoms with E-state index in [2.05, 4.69) is 17.1 Å². The maximum atomic E-state index is 14.6. The van der Waals surface area contributed by atoms with Gasteiger partial charge >= 0.3 is 12.1 Å². The van der Waals surface area contributed by atoms with Gasteiger partial charge in [0.15, 0.2) is 17.7 Å². The summed E-state index contributed by atoms with van der Waals surface area (Å²) in [7, 11) is 4.07. The highest BCUT2D eigenvalue weighted by Gasteiger charge is 2.58. The van der Waals surface area contributed by atoms with Gasteiger partial charge in [0.25, 0.3) is 0 Å². The highest BCUT2D eigenvalue weighted by molar-refractivity contribution is 6.04. The molecule has 48 heavy (non-hydrogen) atoms. The van der Waals surface area contributed by atoms with Crippen LogP contribution < -0.4 is 5.32 Å². The zero-order valence-corrected chi connectivity index (χ0v) is 31.6. The highest BCUT2D eigenvalue weighted by atomic mass is 16.7. The van der Waals surface area contributed by atoms with Gasteiger partial charge in [-0.25, -0.2) is 4.79 Å². The van der Waals surface area contributed by atoms with Crippen molar-refractivity contribution >= 4 is 23.6 Å². The molecule has 3 aliphatic rings. The van der Waals surface area contributed by atoms with Gasteiger partial charge in [0, 0.05) is 29.7 Å². The molecule has 3 heterocycles. The Kier molecular flexibility index (Phi) is 13.1. The first-order valence-electron chi connectivity index (χ1n) is 17.8. The molecule has 3 rings (SSSR count). The molecule has 0 aromatic heterocycles. The van der Waals surface area contributed by atoms with Crippen LogP contribution in [0.1, 0.15) is 102 Å². The number of rotatable bonds is 8. The maximum Gasteiger partial charge on any atom is 0.408 e. The van der Waals surface area contributed by atoms with Gasteiger partial charge in [-0.2, -0.15) is 0 Å². The van der Waals surface area contributed by atoms with Crippen LogP contribution in [0.2, 0.25) is 0 Å². The van der Waals surface area contributed by atoms with E-state index in [-0.39, 0.29) is 42.7 Å². The molecule has 0 saturated carbocycles. The van der Waals surface area contributed by atoms with Gasteiger partial charge in [-0.3, -0.25) is 14.4 Å². The minimum atomic E-state index is -1.59. The van der Waals surface area contributed by atoms with Crippen molar-refractivity contribution in [2.24, 2.45) is 29.1 Å². The van der Waals surface area contributed by atoms with Crippen LogP contribution in [-0.4, -0.2) is 97.1 Å². The van der Waals surface area contributed by atoms with Crippen LogP contribution in [0.5, 0.6) is 0 Å². The molecule has 0 radical (unpaired) electrons. The number of ether oxygens (including phenoxy) is 5. The van der Waals surface area contributed by atoms with Crippen molar-refractivity contribution in [2.45, 2.75) is 150 Å². The predicted molar refractivity (Wildman–Crippen MR) is 182 cm³/mol. The second kappa shape index (κ2) is 15.7. The van der Waals surface area contributed by atoms with Crippen LogP contribution in [-0.2, 0) is 38.1 Å². The summed E-state index contributed by atoms with van der Waals surface area (Å²) in [6.07, 6.45) is 2.81. The number of carbonyl (C=O) groups is 4. The van der Waals surface area contributed by atoms with Crippen molar-refractivity contribution in [3.05, 3.63) is 12.2 Å². The van der Waals surface area contributed by atoms with E-state index in [9.17, 15) is 19.2 Å². The van der Waals surface area contributed by atoms with Crippen molar-refractivity contribution < 1.29 is 42.9 Å². The van der Waals surface area contributed by atoms with Crippen molar-refractivity contribution in [1.82, 2.24) is 10.2 Å². The molecule has 12 atom stereocenters. The first-order chi connectivity index (χ1) is 22.2. The molecule has 0 spiro atoms. The van der Waals surface area contributed by atoms with E-state index < -0.39 is 71.0 Å². The summed E-state index contributed by atoms with van der Waals surface area (Å²) in [6, 6.07) is -0.606. The minimum Gasteiger partial charge on any atom is -0.457 e.